The number of nitrogens with one attached hydrogen (secondary N) is 1. The number of benzene rings is 1. The van der Waals surface area contributed by atoms with Gasteiger partial charge < -0.3 is 19.7 Å². The third-order valence-corrected chi connectivity index (χ3v) is 4.81. The van der Waals surface area contributed by atoms with Crippen molar-refractivity contribution in [2.75, 3.05) is 26.8 Å². The summed E-state index contributed by atoms with van der Waals surface area (Å²) in [5.41, 5.74) is 2.17. The summed E-state index contributed by atoms with van der Waals surface area (Å²) in [6.45, 7) is 7.63. The van der Waals surface area contributed by atoms with Crippen LogP contribution in [0.1, 0.15) is 29.6 Å². The van der Waals surface area contributed by atoms with Crippen molar-refractivity contribution in [2.45, 2.75) is 33.4 Å². The molecule has 1 aliphatic heterocycles. The van der Waals surface area contributed by atoms with Gasteiger partial charge in [-0.3, -0.25) is 0 Å². The normalized spacial score (nSPS) is 14.0. The predicted molar refractivity (Wildman–Crippen MR) is 105 cm³/mol. The minimum absolute atomic E-state index is 0.583. The Hall–Kier alpha value is -2.28. The van der Waals surface area contributed by atoms with Crippen LogP contribution in [-0.4, -0.2) is 42.6 Å². The molecule has 6 nitrogen and oxygen atoms in total. The summed E-state index contributed by atoms with van der Waals surface area (Å²) in [6, 6.07) is 6.04. The molecule has 3 rings (SSSR count). The average Bonchev–Trinajstić information content (AvgIpc) is 2.90. The first-order valence-electron chi connectivity index (χ1n) is 8.94. The van der Waals surface area contributed by atoms with E-state index in [1.54, 1.807) is 11.3 Å². The first kappa shape index (κ1) is 18.5. The van der Waals surface area contributed by atoms with E-state index in [1.807, 2.05) is 32.2 Å². The molecule has 1 aromatic heterocycles. The number of ether oxygens (including phenoxy) is 2. The van der Waals surface area contributed by atoms with Crippen LogP contribution in [0.2, 0.25) is 0 Å². The number of aromatic nitrogens is 1. The molecule has 0 amide bonds. The Morgan fingerprint density at radius 3 is 2.85 bits per heavy atom. The summed E-state index contributed by atoms with van der Waals surface area (Å²) in [6.07, 6.45) is 0.910. The molecule has 0 unspecified atom stereocenters. The van der Waals surface area contributed by atoms with E-state index in [0.717, 1.165) is 53.2 Å². The smallest absolute Gasteiger partial charge is 0.194 e. The van der Waals surface area contributed by atoms with Crippen LogP contribution < -0.4 is 14.8 Å². The SMILES string of the molecule is CCNC(=NCc1ccc2c(c1)OCCCO2)N(C)Cc1csc(C)n1. The fourth-order valence-electron chi connectivity index (χ4n) is 2.74. The van der Waals surface area contributed by atoms with Gasteiger partial charge in [-0.2, -0.15) is 0 Å². The highest BCUT2D eigenvalue weighted by atomic mass is 32.1. The third kappa shape index (κ3) is 4.88. The number of nitrogens with zero attached hydrogens (tertiary/aromatic N) is 3. The molecule has 2 heterocycles. The van der Waals surface area contributed by atoms with Crippen molar-refractivity contribution in [3.05, 3.63) is 39.8 Å². The molecule has 0 radical (unpaired) electrons. The average molecular weight is 375 g/mol. The number of rotatable bonds is 5. The van der Waals surface area contributed by atoms with Crippen LogP contribution in [0.5, 0.6) is 11.5 Å². The van der Waals surface area contributed by atoms with Gasteiger partial charge in [-0.05, 0) is 31.5 Å². The molecule has 0 atom stereocenters. The summed E-state index contributed by atoms with van der Waals surface area (Å²) in [5.74, 6) is 2.50. The van der Waals surface area contributed by atoms with Gasteiger partial charge in [0.25, 0.3) is 0 Å². The van der Waals surface area contributed by atoms with Crippen LogP contribution in [0.25, 0.3) is 0 Å². The molecule has 0 saturated carbocycles. The highest BCUT2D eigenvalue weighted by Crippen LogP contribution is 2.30. The summed E-state index contributed by atoms with van der Waals surface area (Å²) in [7, 11) is 2.03. The van der Waals surface area contributed by atoms with Crippen molar-refractivity contribution in [1.82, 2.24) is 15.2 Å². The molecule has 2 aromatic rings. The van der Waals surface area contributed by atoms with Crippen molar-refractivity contribution in [3.63, 3.8) is 0 Å². The van der Waals surface area contributed by atoms with Gasteiger partial charge in [0, 0.05) is 25.4 Å². The topological polar surface area (TPSA) is 59.0 Å². The number of aryl methyl sites for hydroxylation is 1. The zero-order valence-electron chi connectivity index (χ0n) is 15.6. The molecule has 0 bridgehead atoms. The second-order valence-electron chi connectivity index (χ2n) is 6.22. The Morgan fingerprint density at radius 2 is 2.12 bits per heavy atom. The lowest BCUT2D eigenvalue weighted by Crippen LogP contribution is -2.38. The standard InChI is InChI=1S/C19H26N4O2S/c1-4-20-19(23(3)12-16-13-26-14(2)22-16)21-11-15-6-7-17-18(10-15)25-9-5-8-24-17/h6-7,10,13H,4-5,8-9,11-12H2,1-3H3,(H,20,21). The molecular weight excluding hydrogens is 348 g/mol. The van der Waals surface area contributed by atoms with Crippen LogP contribution in [-0.2, 0) is 13.1 Å². The van der Waals surface area contributed by atoms with Gasteiger partial charge >= 0.3 is 0 Å². The van der Waals surface area contributed by atoms with Crippen LogP contribution in [0, 0.1) is 6.92 Å². The molecule has 26 heavy (non-hydrogen) atoms. The van der Waals surface area contributed by atoms with Gasteiger partial charge in [0.05, 0.1) is 37.0 Å². The van der Waals surface area contributed by atoms with E-state index in [1.165, 1.54) is 0 Å². The van der Waals surface area contributed by atoms with Gasteiger partial charge in [-0.25, -0.2) is 9.98 Å². The number of hydrogen-bond acceptors (Lipinski definition) is 5. The largest absolute Gasteiger partial charge is 0.490 e. The fourth-order valence-corrected chi connectivity index (χ4v) is 3.34. The molecule has 0 fully saturated rings. The highest BCUT2D eigenvalue weighted by molar-refractivity contribution is 7.09. The van der Waals surface area contributed by atoms with E-state index >= 15 is 0 Å². The fraction of sp³-hybridized carbons (Fsp3) is 0.474. The maximum atomic E-state index is 5.77. The molecule has 1 N–H and O–H groups in total. The lowest BCUT2D eigenvalue weighted by atomic mass is 10.2. The summed E-state index contributed by atoms with van der Waals surface area (Å²) >= 11 is 1.67. The van der Waals surface area contributed by atoms with Gasteiger partial charge in [0.2, 0.25) is 0 Å². The monoisotopic (exact) mass is 374 g/mol. The number of guanidine groups is 1. The number of fused-ring (bicyclic) bond motifs is 1. The second kappa shape index (κ2) is 8.89. The number of thiazole rings is 1. The van der Waals surface area contributed by atoms with E-state index in [2.05, 4.69) is 27.5 Å². The van der Waals surface area contributed by atoms with Crippen LogP contribution in [0.15, 0.2) is 28.6 Å². The second-order valence-corrected chi connectivity index (χ2v) is 7.28. The number of hydrogen-bond donors (Lipinski definition) is 1. The lowest BCUT2D eigenvalue weighted by molar-refractivity contribution is 0.297. The maximum absolute atomic E-state index is 5.77. The summed E-state index contributed by atoms with van der Waals surface area (Å²) in [4.78, 5) is 11.4. The van der Waals surface area contributed by atoms with Crippen LogP contribution in [0.4, 0.5) is 0 Å². The van der Waals surface area contributed by atoms with E-state index in [4.69, 9.17) is 14.5 Å². The molecule has 1 aliphatic rings. The van der Waals surface area contributed by atoms with Crippen molar-refractivity contribution in [3.8, 4) is 11.5 Å². The number of aliphatic imine (C=N–C) groups is 1. The van der Waals surface area contributed by atoms with Crippen LogP contribution >= 0.6 is 11.3 Å². The highest BCUT2D eigenvalue weighted by Gasteiger charge is 2.12. The van der Waals surface area contributed by atoms with E-state index in [-0.39, 0.29) is 0 Å². The van der Waals surface area contributed by atoms with Gasteiger partial charge in [0.1, 0.15) is 0 Å². The zero-order valence-corrected chi connectivity index (χ0v) is 16.4. The Kier molecular flexibility index (Phi) is 6.33. The molecule has 0 aliphatic carbocycles. The minimum atomic E-state index is 0.583. The first-order valence-corrected chi connectivity index (χ1v) is 9.82. The lowest BCUT2D eigenvalue weighted by Gasteiger charge is -2.21. The minimum Gasteiger partial charge on any atom is -0.490 e. The maximum Gasteiger partial charge on any atom is 0.194 e. The van der Waals surface area contributed by atoms with E-state index in [0.29, 0.717) is 19.8 Å². The molecule has 140 valence electrons. The predicted octanol–water partition coefficient (Wildman–Crippen LogP) is 3.21. The van der Waals surface area contributed by atoms with Crippen molar-refractivity contribution >= 4 is 17.3 Å². The van der Waals surface area contributed by atoms with Crippen molar-refractivity contribution in [2.24, 2.45) is 4.99 Å². The Morgan fingerprint density at radius 1 is 1.31 bits per heavy atom. The van der Waals surface area contributed by atoms with Crippen molar-refractivity contribution in [1.29, 1.82) is 0 Å². The quantitative estimate of drug-likeness (QED) is 0.643. The van der Waals surface area contributed by atoms with Crippen LogP contribution in [0.3, 0.4) is 0 Å². The molecule has 7 heteroatoms. The Labute approximate surface area is 158 Å². The molecule has 0 spiro atoms. The Bertz CT molecular complexity index is 760. The zero-order chi connectivity index (χ0) is 18.4. The van der Waals surface area contributed by atoms with E-state index in [9.17, 15) is 0 Å². The summed E-state index contributed by atoms with van der Waals surface area (Å²) < 4.78 is 11.5. The van der Waals surface area contributed by atoms with Crippen molar-refractivity contribution < 1.29 is 9.47 Å². The van der Waals surface area contributed by atoms with Gasteiger partial charge in [-0.15, -0.1) is 11.3 Å². The van der Waals surface area contributed by atoms with Gasteiger partial charge in [0.15, 0.2) is 17.5 Å². The molecule has 0 saturated heterocycles. The molecular formula is C19H26N4O2S. The first-order chi connectivity index (χ1) is 12.7. The van der Waals surface area contributed by atoms with Gasteiger partial charge in [-0.1, -0.05) is 6.07 Å². The Balaban J connectivity index is 1.69. The third-order valence-electron chi connectivity index (χ3n) is 3.99. The van der Waals surface area contributed by atoms with E-state index < -0.39 is 0 Å². The summed E-state index contributed by atoms with van der Waals surface area (Å²) in [5, 5.41) is 6.53. The molecule has 1 aromatic carbocycles.